The van der Waals surface area contributed by atoms with E-state index in [1.54, 1.807) is 30.3 Å². The molecule has 0 radical (unpaired) electrons. The van der Waals surface area contributed by atoms with Gasteiger partial charge in [-0.05, 0) is 23.8 Å². The Labute approximate surface area is 122 Å². The number of nitrogens with zero attached hydrogens (tertiary/aromatic N) is 2. The maximum absolute atomic E-state index is 12.3. The van der Waals surface area contributed by atoms with E-state index in [-0.39, 0.29) is 18.1 Å². The third-order valence-electron chi connectivity index (χ3n) is 3.20. The van der Waals surface area contributed by atoms with Gasteiger partial charge in [0.25, 0.3) is 11.6 Å². The Hall–Kier alpha value is -2.54. The molecule has 0 spiro atoms. The van der Waals surface area contributed by atoms with Crippen LogP contribution in [0, 0.1) is 10.1 Å². The lowest BCUT2D eigenvalue weighted by Gasteiger charge is -2.13. The Morgan fingerprint density at radius 1 is 1.19 bits per heavy atom. The number of nitro benzene ring substituents is 1. The van der Waals surface area contributed by atoms with E-state index in [1.807, 2.05) is 0 Å². The second kappa shape index (κ2) is 5.10. The van der Waals surface area contributed by atoms with Crippen LogP contribution in [-0.2, 0) is 17.5 Å². The summed E-state index contributed by atoms with van der Waals surface area (Å²) < 4.78 is 13.6. The fourth-order valence-electron chi connectivity index (χ4n) is 2.18. The van der Waals surface area contributed by atoms with Gasteiger partial charge in [0.05, 0.1) is 16.4 Å². The molecular weight excluding hydrogens is 292 g/mol. The number of rotatable bonds is 2. The third kappa shape index (κ3) is 2.31. The summed E-state index contributed by atoms with van der Waals surface area (Å²) in [4.78, 5) is 23.1. The van der Waals surface area contributed by atoms with Gasteiger partial charge < -0.3 is 0 Å². The zero-order valence-electron chi connectivity index (χ0n) is 10.8. The standard InChI is InChI=1S/C14H10N2O4S/c17-14(10-4-2-1-3-5-10)15-9-11-8-12(16(18)19)6-7-13(11)21(15)20/h1-8H,9H2. The van der Waals surface area contributed by atoms with Gasteiger partial charge in [-0.1, -0.05) is 18.2 Å². The highest BCUT2D eigenvalue weighted by Crippen LogP contribution is 2.31. The lowest BCUT2D eigenvalue weighted by atomic mass is 10.2. The molecule has 2 aromatic rings. The topological polar surface area (TPSA) is 80.5 Å². The van der Waals surface area contributed by atoms with Gasteiger partial charge in [-0.2, -0.15) is 0 Å². The van der Waals surface area contributed by atoms with Gasteiger partial charge in [-0.3, -0.25) is 14.9 Å². The normalized spacial score (nSPS) is 16.6. The monoisotopic (exact) mass is 302 g/mol. The van der Waals surface area contributed by atoms with Crippen molar-refractivity contribution in [3.63, 3.8) is 0 Å². The van der Waals surface area contributed by atoms with Crippen molar-refractivity contribution in [1.29, 1.82) is 0 Å². The number of carbonyl (C=O) groups is 1. The van der Waals surface area contributed by atoms with Crippen molar-refractivity contribution in [3.8, 4) is 0 Å². The highest BCUT2D eigenvalue weighted by molar-refractivity contribution is 7.83. The number of hydrogen-bond donors (Lipinski definition) is 0. The number of hydrogen-bond acceptors (Lipinski definition) is 4. The molecule has 1 aliphatic rings. The summed E-state index contributed by atoms with van der Waals surface area (Å²) in [5.41, 5.74) is 0.916. The van der Waals surface area contributed by atoms with E-state index < -0.39 is 15.9 Å². The summed E-state index contributed by atoms with van der Waals surface area (Å²) in [6.07, 6.45) is 0. The van der Waals surface area contributed by atoms with E-state index in [0.717, 1.165) is 0 Å². The lowest BCUT2D eigenvalue weighted by molar-refractivity contribution is -0.385. The maximum Gasteiger partial charge on any atom is 0.269 e. The van der Waals surface area contributed by atoms with Crippen molar-refractivity contribution < 1.29 is 13.9 Å². The Morgan fingerprint density at radius 2 is 1.90 bits per heavy atom. The van der Waals surface area contributed by atoms with Gasteiger partial charge in [0.1, 0.15) is 0 Å². The molecule has 0 bridgehead atoms. The molecule has 106 valence electrons. The maximum atomic E-state index is 12.3. The van der Waals surface area contributed by atoms with Crippen molar-refractivity contribution in [3.05, 3.63) is 69.8 Å². The summed E-state index contributed by atoms with van der Waals surface area (Å²) in [5, 5.41) is 10.8. The number of fused-ring (bicyclic) bond motifs is 1. The highest BCUT2D eigenvalue weighted by Gasteiger charge is 2.32. The molecule has 0 aromatic heterocycles. The molecule has 1 heterocycles. The number of amides is 1. The Bertz CT molecular complexity index is 761. The largest absolute Gasteiger partial charge is 0.269 e. The van der Waals surface area contributed by atoms with Crippen molar-refractivity contribution in [2.24, 2.45) is 0 Å². The molecule has 21 heavy (non-hydrogen) atoms. The molecule has 7 heteroatoms. The summed E-state index contributed by atoms with van der Waals surface area (Å²) in [7, 11) is -1.63. The van der Waals surface area contributed by atoms with Crippen LogP contribution in [0.3, 0.4) is 0 Å². The van der Waals surface area contributed by atoms with Gasteiger partial charge in [0.2, 0.25) is 0 Å². The quantitative estimate of drug-likeness (QED) is 0.629. The molecule has 1 atom stereocenters. The minimum Gasteiger partial charge on any atom is -0.268 e. The number of non-ortho nitro benzene ring substituents is 1. The molecule has 0 N–H and O–H groups in total. The summed E-state index contributed by atoms with van der Waals surface area (Å²) in [6, 6.07) is 12.6. The molecule has 3 rings (SSSR count). The fraction of sp³-hybridized carbons (Fsp3) is 0.0714. The molecule has 0 aliphatic carbocycles. The van der Waals surface area contributed by atoms with Crippen LogP contribution < -0.4 is 0 Å². The molecular formula is C14H10N2O4S. The van der Waals surface area contributed by atoms with E-state index in [4.69, 9.17) is 0 Å². The molecule has 6 nitrogen and oxygen atoms in total. The van der Waals surface area contributed by atoms with Crippen molar-refractivity contribution in [2.75, 3.05) is 0 Å². The van der Waals surface area contributed by atoms with Crippen molar-refractivity contribution in [2.45, 2.75) is 11.4 Å². The fourth-order valence-corrected chi connectivity index (χ4v) is 3.46. The second-order valence-corrected chi connectivity index (χ2v) is 5.88. The molecule has 1 amide bonds. The second-order valence-electron chi connectivity index (χ2n) is 4.51. The summed E-state index contributed by atoms with van der Waals surface area (Å²) in [5.74, 6) is -0.354. The lowest BCUT2D eigenvalue weighted by Crippen LogP contribution is -2.27. The van der Waals surface area contributed by atoms with E-state index in [1.165, 1.54) is 22.5 Å². The van der Waals surface area contributed by atoms with Gasteiger partial charge in [-0.15, -0.1) is 0 Å². The molecule has 2 aromatic carbocycles. The predicted octanol–water partition coefficient (Wildman–Crippen LogP) is 2.27. The predicted molar refractivity (Wildman–Crippen MR) is 75.8 cm³/mol. The van der Waals surface area contributed by atoms with Gasteiger partial charge in [0, 0.05) is 17.7 Å². The minimum absolute atomic E-state index is 0.0697. The van der Waals surface area contributed by atoms with Crippen LogP contribution in [0.15, 0.2) is 53.4 Å². The first-order valence-electron chi connectivity index (χ1n) is 6.14. The zero-order valence-corrected chi connectivity index (χ0v) is 11.6. The van der Waals surface area contributed by atoms with Gasteiger partial charge in [0.15, 0.2) is 11.0 Å². The van der Waals surface area contributed by atoms with Crippen LogP contribution in [0.25, 0.3) is 0 Å². The van der Waals surface area contributed by atoms with E-state index in [9.17, 15) is 19.1 Å². The average Bonchev–Trinajstić information content (AvgIpc) is 2.84. The first-order valence-corrected chi connectivity index (χ1v) is 7.25. The Morgan fingerprint density at radius 3 is 2.57 bits per heavy atom. The average molecular weight is 302 g/mol. The smallest absolute Gasteiger partial charge is 0.268 e. The van der Waals surface area contributed by atoms with Crippen LogP contribution in [-0.4, -0.2) is 19.3 Å². The first kappa shape index (κ1) is 13.4. The number of benzene rings is 2. The Kier molecular flexibility index (Phi) is 3.26. The zero-order chi connectivity index (χ0) is 15.0. The molecule has 0 fully saturated rings. The van der Waals surface area contributed by atoms with E-state index in [2.05, 4.69) is 0 Å². The summed E-state index contributed by atoms with van der Waals surface area (Å²) in [6.45, 7) is 0.108. The van der Waals surface area contributed by atoms with Crippen LogP contribution in [0.4, 0.5) is 5.69 Å². The van der Waals surface area contributed by atoms with Gasteiger partial charge in [-0.25, -0.2) is 8.51 Å². The third-order valence-corrected chi connectivity index (χ3v) is 4.67. The molecule has 0 saturated carbocycles. The van der Waals surface area contributed by atoms with Crippen LogP contribution in [0.1, 0.15) is 15.9 Å². The number of nitro groups is 1. The van der Waals surface area contributed by atoms with Crippen LogP contribution in [0.5, 0.6) is 0 Å². The molecule has 1 unspecified atom stereocenters. The van der Waals surface area contributed by atoms with Crippen LogP contribution in [0.2, 0.25) is 0 Å². The van der Waals surface area contributed by atoms with E-state index in [0.29, 0.717) is 16.0 Å². The first-order chi connectivity index (χ1) is 10.1. The highest BCUT2D eigenvalue weighted by atomic mass is 32.2. The van der Waals surface area contributed by atoms with Gasteiger partial charge >= 0.3 is 0 Å². The van der Waals surface area contributed by atoms with Crippen molar-refractivity contribution in [1.82, 2.24) is 4.31 Å². The van der Waals surface area contributed by atoms with E-state index >= 15 is 0 Å². The SMILES string of the molecule is O=C(c1ccccc1)N1Cc2cc([N+](=O)[O-])ccc2S1=O. The Balaban J connectivity index is 1.93. The molecule has 1 aliphatic heterocycles. The minimum atomic E-state index is -1.63. The number of carbonyl (C=O) groups excluding carboxylic acids is 1. The van der Waals surface area contributed by atoms with Crippen LogP contribution >= 0.6 is 0 Å². The summed E-state index contributed by atoms with van der Waals surface area (Å²) >= 11 is 0. The van der Waals surface area contributed by atoms with Crippen molar-refractivity contribution >= 4 is 22.6 Å². The molecule has 0 saturated heterocycles.